The highest BCUT2D eigenvalue weighted by molar-refractivity contribution is 5.81. The molecule has 0 amide bonds. The summed E-state index contributed by atoms with van der Waals surface area (Å²) in [6.07, 6.45) is 1.68. The van der Waals surface area contributed by atoms with E-state index in [2.05, 4.69) is 24.9 Å². The first kappa shape index (κ1) is 9.00. The van der Waals surface area contributed by atoms with Crippen molar-refractivity contribution in [1.29, 1.82) is 0 Å². The molecule has 0 atom stereocenters. The van der Waals surface area contributed by atoms with Crippen LogP contribution in [0.5, 0.6) is 0 Å². The van der Waals surface area contributed by atoms with E-state index in [0.29, 0.717) is 5.92 Å². The number of hydrogen-bond donors (Lipinski definition) is 1. The summed E-state index contributed by atoms with van der Waals surface area (Å²) in [7, 11) is 0. The predicted octanol–water partition coefficient (Wildman–Crippen LogP) is 2.65. The highest BCUT2D eigenvalue weighted by Gasteiger charge is 2.02. The van der Waals surface area contributed by atoms with E-state index in [1.165, 1.54) is 5.56 Å². The van der Waals surface area contributed by atoms with Crippen LogP contribution >= 0.6 is 0 Å². The van der Waals surface area contributed by atoms with Gasteiger partial charge in [-0.3, -0.25) is 4.79 Å². The third kappa shape index (κ3) is 1.43. The van der Waals surface area contributed by atoms with Crippen LogP contribution in [0.25, 0.3) is 10.8 Å². The zero-order valence-electron chi connectivity index (χ0n) is 8.37. The van der Waals surface area contributed by atoms with Crippen LogP contribution in [0.15, 0.2) is 35.3 Å². The topological polar surface area (TPSA) is 32.9 Å². The molecule has 0 unspecified atom stereocenters. The minimum Gasteiger partial charge on any atom is -0.329 e. The van der Waals surface area contributed by atoms with Crippen LogP contribution in [-0.2, 0) is 0 Å². The van der Waals surface area contributed by atoms with Crippen molar-refractivity contribution in [3.63, 3.8) is 0 Å². The number of nitrogens with one attached hydrogen (secondary N) is 1. The standard InChI is InChI=1S/C12H13NO/c1-8(2)10-4-3-9-5-6-13-12(14)11(9)7-10/h3-8H,1-2H3,(H,13,14). The number of aromatic amines is 1. The van der Waals surface area contributed by atoms with Crippen molar-refractivity contribution in [3.8, 4) is 0 Å². The van der Waals surface area contributed by atoms with Crippen LogP contribution < -0.4 is 5.56 Å². The number of aromatic nitrogens is 1. The summed E-state index contributed by atoms with van der Waals surface area (Å²) in [5, 5.41) is 1.77. The smallest absolute Gasteiger partial charge is 0.255 e. The highest BCUT2D eigenvalue weighted by atomic mass is 16.1. The van der Waals surface area contributed by atoms with Gasteiger partial charge in [-0.05, 0) is 29.0 Å². The fourth-order valence-corrected chi connectivity index (χ4v) is 1.56. The Hall–Kier alpha value is -1.57. The first-order valence-corrected chi connectivity index (χ1v) is 4.80. The number of pyridine rings is 1. The van der Waals surface area contributed by atoms with Gasteiger partial charge < -0.3 is 4.98 Å². The molecule has 0 aliphatic heterocycles. The Balaban J connectivity index is 2.76. The molecule has 1 heterocycles. The van der Waals surface area contributed by atoms with Crippen LogP contribution in [0, 0.1) is 0 Å². The minimum atomic E-state index is -0.00926. The van der Waals surface area contributed by atoms with Gasteiger partial charge in [-0.25, -0.2) is 0 Å². The Bertz CT molecular complexity index is 511. The van der Waals surface area contributed by atoms with E-state index in [1.54, 1.807) is 6.20 Å². The van der Waals surface area contributed by atoms with E-state index in [1.807, 2.05) is 18.2 Å². The fourth-order valence-electron chi connectivity index (χ4n) is 1.56. The van der Waals surface area contributed by atoms with Gasteiger partial charge in [0.2, 0.25) is 0 Å². The van der Waals surface area contributed by atoms with Crippen molar-refractivity contribution in [3.05, 3.63) is 46.4 Å². The molecule has 2 rings (SSSR count). The van der Waals surface area contributed by atoms with Crippen LogP contribution in [-0.4, -0.2) is 4.98 Å². The van der Waals surface area contributed by atoms with Crippen molar-refractivity contribution in [2.45, 2.75) is 19.8 Å². The van der Waals surface area contributed by atoms with Crippen LogP contribution in [0.2, 0.25) is 0 Å². The average Bonchev–Trinajstić information content (AvgIpc) is 2.18. The van der Waals surface area contributed by atoms with Gasteiger partial charge >= 0.3 is 0 Å². The summed E-state index contributed by atoms with van der Waals surface area (Å²) >= 11 is 0. The second-order valence-electron chi connectivity index (χ2n) is 3.81. The molecule has 1 aromatic carbocycles. The molecule has 0 fully saturated rings. The Kier molecular flexibility index (Phi) is 2.12. The van der Waals surface area contributed by atoms with E-state index in [9.17, 15) is 4.79 Å². The molecule has 0 aliphatic carbocycles. The number of H-pyrrole nitrogens is 1. The van der Waals surface area contributed by atoms with Crippen molar-refractivity contribution in [2.24, 2.45) is 0 Å². The molecule has 0 spiro atoms. The van der Waals surface area contributed by atoms with E-state index in [0.717, 1.165) is 10.8 Å². The maximum Gasteiger partial charge on any atom is 0.255 e. The Morgan fingerprint density at radius 1 is 1.21 bits per heavy atom. The van der Waals surface area contributed by atoms with Gasteiger partial charge in [-0.15, -0.1) is 0 Å². The lowest BCUT2D eigenvalue weighted by Crippen LogP contribution is -2.04. The van der Waals surface area contributed by atoms with Crippen molar-refractivity contribution in [1.82, 2.24) is 4.98 Å². The van der Waals surface area contributed by atoms with Gasteiger partial charge in [0.05, 0.1) is 0 Å². The third-order valence-corrected chi connectivity index (χ3v) is 2.47. The molecular weight excluding hydrogens is 174 g/mol. The Morgan fingerprint density at radius 2 is 2.00 bits per heavy atom. The normalized spacial score (nSPS) is 11.1. The largest absolute Gasteiger partial charge is 0.329 e. The first-order chi connectivity index (χ1) is 6.68. The molecule has 14 heavy (non-hydrogen) atoms. The molecule has 1 N–H and O–H groups in total. The quantitative estimate of drug-likeness (QED) is 0.731. The van der Waals surface area contributed by atoms with E-state index in [4.69, 9.17) is 0 Å². The Labute approximate surface area is 82.6 Å². The average molecular weight is 187 g/mol. The van der Waals surface area contributed by atoms with E-state index >= 15 is 0 Å². The molecule has 0 saturated carbocycles. The molecule has 72 valence electrons. The summed E-state index contributed by atoms with van der Waals surface area (Å²) in [6.45, 7) is 4.25. The summed E-state index contributed by atoms with van der Waals surface area (Å²) in [5.74, 6) is 0.457. The second kappa shape index (κ2) is 3.29. The number of benzene rings is 1. The minimum absolute atomic E-state index is 0.00926. The predicted molar refractivity (Wildman–Crippen MR) is 58.7 cm³/mol. The second-order valence-corrected chi connectivity index (χ2v) is 3.81. The van der Waals surface area contributed by atoms with E-state index in [-0.39, 0.29) is 5.56 Å². The van der Waals surface area contributed by atoms with Crippen LogP contribution in [0.4, 0.5) is 0 Å². The van der Waals surface area contributed by atoms with Gasteiger partial charge in [0, 0.05) is 11.6 Å². The summed E-state index contributed by atoms with van der Waals surface area (Å²) in [5.41, 5.74) is 1.19. The number of hydrogen-bond acceptors (Lipinski definition) is 1. The molecule has 0 radical (unpaired) electrons. The third-order valence-electron chi connectivity index (χ3n) is 2.47. The lowest BCUT2D eigenvalue weighted by atomic mass is 10.0. The molecule has 2 aromatic rings. The number of rotatable bonds is 1. The number of fused-ring (bicyclic) bond motifs is 1. The molecule has 0 saturated heterocycles. The molecule has 2 heteroatoms. The maximum atomic E-state index is 11.5. The first-order valence-electron chi connectivity index (χ1n) is 4.80. The fraction of sp³-hybridized carbons (Fsp3) is 0.250. The van der Waals surface area contributed by atoms with Gasteiger partial charge in [-0.1, -0.05) is 26.0 Å². The SMILES string of the molecule is CC(C)c1ccc2cc[nH]c(=O)c2c1. The van der Waals surface area contributed by atoms with Crippen molar-refractivity contribution < 1.29 is 0 Å². The monoisotopic (exact) mass is 187 g/mol. The lowest BCUT2D eigenvalue weighted by Gasteiger charge is -2.05. The highest BCUT2D eigenvalue weighted by Crippen LogP contribution is 2.18. The maximum absolute atomic E-state index is 11.5. The lowest BCUT2D eigenvalue weighted by molar-refractivity contribution is 0.868. The van der Waals surface area contributed by atoms with E-state index < -0.39 is 0 Å². The van der Waals surface area contributed by atoms with Crippen molar-refractivity contribution in [2.75, 3.05) is 0 Å². The van der Waals surface area contributed by atoms with Crippen LogP contribution in [0.3, 0.4) is 0 Å². The van der Waals surface area contributed by atoms with Gasteiger partial charge in [0.15, 0.2) is 0 Å². The molecular formula is C12H13NO. The zero-order valence-corrected chi connectivity index (χ0v) is 8.37. The molecule has 0 bridgehead atoms. The van der Waals surface area contributed by atoms with Gasteiger partial charge in [0.1, 0.15) is 0 Å². The van der Waals surface area contributed by atoms with Crippen LogP contribution in [0.1, 0.15) is 25.3 Å². The molecule has 1 aromatic heterocycles. The summed E-state index contributed by atoms with van der Waals surface area (Å²) in [6, 6.07) is 7.96. The zero-order chi connectivity index (χ0) is 10.1. The Morgan fingerprint density at radius 3 is 2.71 bits per heavy atom. The van der Waals surface area contributed by atoms with Crippen molar-refractivity contribution >= 4 is 10.8 Å². The molecule has 0 aliphatic rings. The summed E-state index contributed by atoms with van der Waals surface area (Å²) in [4.78, 5) is 14.2. The van der Waals surface area contributed by atoms with Gasteiger partial charge in [0.25, 0.3) is 5.56 Å². The summed E-state index contributed by atoms with van der Waals surface area (Å²) < 4.78 is 0. The molecule has 2 nitrogen and oxygen atoms in total. The van der Waals surface area contributed by atoms with Gasteiger partial charge in [-0.2, -0.15) is 0 Å².